The summed E-state index contributed by atoms with van der Waals surface area (Å²) in [5, 5.41) is 10.9. The quantitative estimate of drug-likeness (QED) is 0.782. The Hall–Kier alpha value is -2.95. The van der Waals surface area contributed by atoms with Crippen LogP contribution in [-0.4, -0.2) is 22.6 Å². The van der Waals surface area contributed by atoms with E-state index in [1.165, 1.54) is 5.56 Å². The van der Waals surface area contributed by atoms with Gasteiger partial charge >= 0.3 is 0 Å². The van der Waals surface area contributed by atoms with E-state index in [-0.39, 0.29) is 5.91 Å². The van der Waals surface area contributed by atoms with Crippen LogP contribution in [0, 0.1) is 13.8 Å². The highest BCUT2D eigenvalue weighted by atomic mass is 16.4. The second-order valence-corrected chi connectivity index (χ2v) is 5.74. The summed E-state index contributed by atoms with van der Waals surface area (Å²) >= 11 is 0. The normalized spacial score (nSPS) is 10.6. The molecule has 1 amide bonds. The van der Waals surface area contributed by atoms with E-state index in [2.05, 4.69) is 15.5 Å². The summed E-state index contributed by atoms with van der Waals surface area (Å²) in [6.45, 7) is 4.46. The molecule has 0 atom stereocenters. The van der Waals surface area contributed by atoms with Crippen LogP contribution in [0.15, 0.2) is 52.9 Å². The fourth-order valence-electron chi connectivity index (χ4n) is 2.26. The van der Waals surface area contributed by atoms with Gasteiger partial charge in [-0.25, -0.2) is 0 Å². The topological polar surface area (TPSA) is 68.0 Å². The van der Waals surface area contributed by atoms with E-state index in [0.29, 0.717) is 30.3 Å². The SMILES string of the molecule is Cc1ccc(C(=O)NCCc2nnc(-c3ccc(C)cc3)o2)cc1. The lowest BCUT2D eigenvalue weighted by atomic mass is 10.1. The lowest BCUT2D eigenvalue weighted by molar-refractivity contribution is 0.0953. The van der Waals surface area contributed by atoms with Crippen LogP contribution in [0.25, 0.3) is 11.5 Å². The van der Waals surface area contributed by atoms with Crippen molar-refractivity contribution in [1.29, 1.82) is 0 Å². The molecule has 0 aliphatic carbocycles. The minimum atomic E-state index is -0.103. The Morgan fingerprint density at radius 2 is 1.58 bits per heavy atom. The second-order valence-electron chi connectivity index (χ2n) is 5.74. The van der Waals surface area contributed by atoms with Gasteiger partial charge in [0.15, 0.2) is 0 Å². The molecule has 3 rings (SSSR count). The highest BCUT2D eigenvalue weighted by Gasteiger charge is 2.09. The summed E-state index contributed by atoms with van der Waals surface area (Å²) in [5.74, 6) is 0.901. The number of carbonyl (C=O) groups excluding carboxylic acids is 1. The molecule has 3 aromatic rings. The summed E-state index contributed by atoms with van der Waals surface area (Å²) in [5.41, 5.74) is 3.84. The van der Waals surface area contributed by atoms with Crippen molar-refractivity contribution in [2.24, 2.45) is 0 Å². The number of benzene rings is 2. The van der Waals surface area contributed by atoms with Crippen molar-refractivity contribution < 1.29 is 9.21 Å². The molecule has 1 aromatic heterocycles. The lowest BCUT2D eigenvalue weighted by Crippen LogP contribution is -2.25. The molecule has 2 aromatic carbocycles. The third-order valence-electron chi connectivity index (χ3n) is 3.70. The molecule has 0 fully saturated rings. The van der Waals surface area contributed by atoms with Crippen molar-refractivity contribution in [3.63, 3.8) is 0 Å². The maximum absolute atomic E-state index is 12.0. The molecular formula is C19H19N3O2. The molecule has 5 heteroatoms. The average Bonchev–Trinajstić information content (AvgIpc) is 3.05. The first kappa shape index (κ1) is 15.9. The summed E-state index contributed by atoms with van der Waals surface area (Å²) in [6.07, 6.45) is 0.496. The van der Waals surface area contributed by atoms with Gasteiger partial charge in [-0.05, 0) is 38.1 Å². The average molecular weight is 321 g/mol. The minimum absolute atomic E-state index is 0.103. The molecule has 0 spiro atoms. The van der Waals surface area contributed by atoms with Crippen LogP contribution in [0.1, 0.15) is 27.4 Å². The van der Waals surface area contributed by atoms with Crippen molar-refractivity contribution in [3.05, 3.63) is 71.1 Å². The Kier molecular flexibility index (Phi) is 4.70. The number of nitrogens with one attached hydrogen (secondary N) is 1. The largest absolute Gasteiger partial charge is 0.421 e. The fraction of sp³-hybridized carbons (Fsp3) is 0.211. The molecule has 0 saturated heterocycles. The fourth-order valence-corrected chi connectivity index (χ4v) is 2.26. The first-order chi connectivity index (χ1) is 11.6. The van der Waals surface area contributed by atoms with E-state index >= 15 is 0 Å². The smallest absolute Gasteiger partial charge is 0.251 e. The molecule has 0 radical (unpaired) electrons. The minimum Gasteiger partial charge on any atom is -0.421 e. The first-order valence-electron chi connectivity index (χ1n) is 7.86. The van der Waals surface area contributed by atoms with Gasteiger partial charge in [0.25, 0.3) is 5.91 Å². The Morgan fingerprint density at radius 1 is 0.958 bits per heavy atom. The van der Waals surface area contributed by atoms with E-state index < -0.39 is 0 Å². The first-order valence-corrected chi connectivity index (χ1v) is 7.86. The van der Waals surface area contributed by atoms with Crippen LogP contribution >= 0.6 is 0 Å². The number of aromatic nitrogens is 2. The summed E-state index contributed by atoms with van der Waals surface area (Å²) < 4.78 is 5.64. The number of aryl methyl sites for hydroxylation is 2. The molecule has 1 N–H and O–H groups in total. The maximum Gasteiger partial charge on any atom is 0.251 e. The highest BCUT2D eigenvalue weighted by molar-refractivity contribution is 5.94. The zero-order chi connectivity index (χ0) is 16.9. The van der Waals surface area contributed by atoms with Gasteiger partial charge in [-0.3, -0.25) is 4.79 Å². The lowest BCUT2D eigenvalue weighted by Gasteiger charge is -2.03. The molecule has 24 heavy (non-hydrogen) atoms. The predicted octanol–water partition coefficient (Wildman–Crippen LogP) is 3.33. The van der Waals surface area contributed by atoms with Crippen LogP contribution in [0.5, 0.6) is 0 Å². The van der Waals surface area contributed by atoms with Crippen molar-refractivity contribution >= 4 is 5.91 Å². The van der Waals surface area contributed by atoms with Crippen molar-refractivity contribution in [2.45, 2.75) is 20.3 Å². The standard InChI is InChI=1S/C19H19N3O2/c1-13-3-7-15(8-4-13)18(23)20-12-11-17-21-22-19(24-17)16-9-5-14(2)6-10-16/h3-10H,11-12H2,1-2H3,(H,20,23). The molecule has 122 valence electrons. The van der Waals surface area contributed by atoms with Gasteiger partial charge in [0, 0.05) is 24.1 Å². The van der Waals surface area contributed by atoms with Crippen LogP contribution < -0.4 is 5.32 Å². The number of hydrogen-bond donors (Lipinski definition) is 1. The zero-order valence-electron chi connectivity index (χ0n) is 13.7. The molecule has 0 aliphatic rings. The van der Waals surface area contributed by atoms with Crippen LogP contribution in [0.4, 0.5) is 0 Å². The molecule has 0 saturated carbocycles. The van der Waals surface area contributed by atoms with Gasteiger partial charge in [0.2, 0.25) is 11.8 Å². The Balaban J connectivity index is 1.55. The van der Waals surface area contributed by atoms with Crippen LogP contribution in [0.2, 0.25) is 0 Å². The molecular weight excluding hydrogens is 302 g/mol. The van der Waals surface area contributed by atoms with E-state index in [9.17, 15) is 4.79 Å². The van der Waals surface area contributed by atoms with Gasteiger partial charge in [-0.1, -0.05) is 35.4 Å². The molecule has 1 heterocycles. The van der Waals surface area contributed by atoms with Crippen LogP contribution in [0.3, 0.4) is 0 Å². The monoisotopic (exact) mass is 321 g/mol. The number of nitrogens with zero attached hydrogens (tertiary/aromatic N) is 2. The maximum atomic E-state index is 12.0. The van der Waals surface area contributed by atoms with Gasteiger partial charge in [-0.2, -0.15) is 0 Å². The second kappa shape index (κ2) is 7.08. The zero-order valence-corrected chi connectivity index (χ0v) is 13.7. The predicted molar refractivity (Wildman–Crippen MR) is 91.7 cm³/mol. The van der Waals surface area contributed by atoms with Gasteiger partial charge in [-0.15, -0.1) is 10.2 Å². The summed E-state index contributed by atoms with van der Waals surface area (Å²) in [6, 6.07) is 15.4. The number of amides is 1. The van der Waals surface area contributed by atoms with E-state index in [1.54, 1.807) is 0 Å². The summed E-state index contributed by atoms with van der Waals surface area (Å²) in [4.78, 5) is 12.0. The molecule has 0 aliphatic heterocycles. The highest BCUT2D eigenvalue weighted by Crippen LogP contribution is 2.18. The number of carbonyl (C=O) groups is 1. The molecule has 5 nitrogen and oxygen atoms in total. The number of rotatable bonds is 5. The Labute approximate surface area is 140 Å². The van der Waals surface area contributed by atoms with Crippen molar-refractivity contribution in [1.82, 2.24) is 15.5 Å². The molecule has 0 bridgehead atoms. The van der Waals surface area contributed by atoms with Gasteiger partial charge in [0.1, 0.15) is 0 Å². The third kappa shape index (κ3) is 3.87. The Bertz CT molecular complexity index is 821. The van der Waals surface area contributed by atoms with Gasteiger partial charge in [0.05, 0.1) is 0 Å². The summed E-state index contributed by atoms with van der Waals surface area (Å²) in [7, 11) is 0. The third-order valence-corrected chi connectivity index (χ3v) is 3.70. The molecule has 0 unspecified atom stereocenters. The number of hydrogen-bond acceptors (Lipinski definition) is 4. The van der Waals surface area contributed by atoms with Crippen molar-refractivity contribution in [3.8, 4) is 11.5 Å². The van der Waals surface area contributed by atoms with Gasteiger partial charge < -0.3 is 9.73 Å². The van der Waals surface area contributed by atoms with E-state index in [1.807, 2.05) is 62.4 Å². The van der Waals surface area contributed by atoms with E-state index in [4.69, 9.17) is 4.42 Å². The Morgan fingerprint density at radius 3 is 2.25 bits per heavy atom. The van der Waals surface area contributed by atoms with Crippen LogP contribution in [-0.2, 0) is 6.42 Å². The van der Waals surface area contributed by atoms with E-state index in [0.717, 1.165) is 11.1 Å². The van der Waals surface area contributed by atoms with Crippen molar-refractivity contribution in [2.75, 3.05) is 6.54 Å².